The Kier molecular flexibility index (Phi) is 5.67. The molecule has 26 heavy (non-hydrogen) atoms. The van der Waals surface area contributed by atoms with Crippen molar-refractivity contribution in [2.45, 2.75) is 24.2 Å². The Morgan fingerprint density at radius 3 is 2.58 bits per heavy atom. The number of thiophene rings is 1. The number of nitrogens with zero attached hydrogens (tertiary/aromatic N) is 1. The quantitative estimate of drug-likeness (QED) is 0.782. The van der Waals surface area contributed by atoms with E-state index >= 15 is 0 Å². The Labute approximate surface area is 158 Å². The third kappa shape index (κ3) is 4.27. The molecule has 0 bridgehead atoms. The molecule has 0 spiro atoms. The maximum Gasteiger partial charge on any atom is 0.253 e. The monoisotopic (exact) mass is 393 g/mol. The number of benzene rings is 1. The van der Waals surface area contributed by atoms with Crippen molar-refractivity contribution in [1.29, 1.82) is 0 Å². The SMILES string of the molecule is COc1ccc(C(=O)N2CCC(Cc3cccs3)CC2)cc1S(C)(=O)=O. The average molecular weight is 394 g/mol. The molecule has 3 rings (SSSR count). The summed E-state index contributed by atoms with van der Waals surface area (Å²) in [6, 6.07) is 8.84. The summed E-state index contributed by atoms with van der Waals surface area (Å²) in [5.74, 6) is 0.742. The summed E-state index contributed by atoms with van der Waals surface area (Å²) >= 11 is 1.78. The summed E-state index contributed by atoms with van der Waals surface area (Å²) in [6.45, 7) is 1.41. The zero-order chi connectivity index (χ0) is 18.7. The normalized spacial score (nSPS) is 15.8. The molecule has 1 amide bonds. The number of amides is 1. The highest BCUT2D eigenvalue weighted by atomic mass is 32.2. The molecule has 140 valence electrons. The van der Waals surface area contributed by atoms with Crippen LogP contribution in [0, 0.1) is 5.92 Å². The number of carbonyl (C=O) groups is 1. The van der Waals surface area contributed by atoms with Gasteiger partial charge in [0.05, 0.1) is 7.11 Å². The Morgan fingerprint density at radius 1 is 1.27 bits per heavy atom. The summed E-state index contributed by atoms with van der Waals surface area (Å²) in [7, 11) is -2.04. The first kappa shape index (κ1) is 18.9. The van der Waals surface area contributed by atoms with Crippen LogP contribution in [0.15, 0.2) is 40.6 Å². The van der Waals surface area contributed by atoms with Crippen molar-refractivity contribution in [3.05, 3.63) is 46.2 Å². The number of methoxy groups -OCH3 is 1. The van der Waals surface area contributed by atoms with Gasteiger partial charge in [0.15, 0.2) is 9.84 Å². The van der Waals surface area contributed by atoms with Gasteiger partial charge in [0, 0.05) is 29.8 Å². The zero-order valence-corrected chi connectivity index (χ0v) is 16.6. The van der Waals surface area contributed by atoms with Gasteiger partial charge in [-0.25, -0.2) is 8.42 Å². The van der Waals surface area contributed by atoms with Crippen LogP contribution in [0.2, 0.25) is 0 Å². The summed E-state index contributed by atoms with van der Waals surface area (Å²) in [5.41, 5.74) is 0.392. The van der Waals surface area contributed by atoms with Gasteiger partial charge in [0.25, 0.3) is 5.91 Å². The molecule has 2 heterocycles. The van der Waals surface area contributed by atoms with Crippen molar-refractivity contribution in [3.63, 3.8) is 0 Å². The fraction of sp³-hybridized carbons (Fsp3) is 0.421. The lowest BCUT2D eigenvalue weighted by Crippen LogP contribution is -2.38. The Bertz CT molecular complexity index is 867. The van der Waals surface area contributed by atoms with Crippen LogP contribution in [0.3, 0.4) is 0 Å². The average Bonchev–Trinajstić information content (AvgIpc) is 3.13. The number of sulfone groups is 1. The molecule has 0 radical (unpaired) electrons. The van der Waals surface area contributed by atoms with Gasteiger partial charge in [-0.2, -0.15) is 0 Å². The highest BCUT2D eigenvalue weighted by Gasteiger charge is 2.25. The lowest BCUT2D eigenvalue weighted by molar-refractivity contribution is 0.0690. The number of hydrogen-bond donors (Lipinski definition) is 0. The first-order valence-electron chi connectivity index (χ1n) is 8.58. The maximum absolute atomic E-state index is 12.8. The van der Waals surface area contributed by atoms with Crippen molar-refractivity contribution < 1.29 is 17.9 Å². The molecule has 1 aliphatic heterocycles. The summed E-state index contributed by atoms with van der Waals surface area (Å²) in [5, 5.41) is 2.09. The van der Waals surface area contributed by atoms with Gasteiger partial charge < -0.3 is 9.64 Å². The van der Waals surface area contributed by atoms with Crippen LogP contribution in [0.5, 0.6) is 5.75 Å². The number of carbonyl (C=O) groups excluding carboxylic acids is 1. The minimum absolute atomic E-state index is 0.0541. The molecule has 0 atom stereocenters. The summed E-state index contributed by atoms with van der Waals surface area (Å²) in [6.07, 6.45) is 4.13. The van der Waals surface area contributed by atoms with Crippen molar-refractivity contribution in [1.82, 2.24) is 4.90 Å². The van der Waals surface area contributed by atoms with Gasteiger partial charge in [-0.15, -0.1) is 11.3 Å². The van der Waals surface area contributed by atoms with Gasteiger partial charge in [-0.1, -0.05) is 6.07 Å². The third-order valence-corrected chi connectivity index (χ3v) is 6.80. The lowest BCUT2D eigenvalue weighted by atomic mass is 9.92. The number of piperidine rings is 1. The fourth-order valence-corrected chi connectivity index (χ4v) is 5.01. The topological polar surface area (TPSA) is 63.7 Å². The molecule has 0 saturated carbocycles. The van der Waals surface area contributed by atoms with Crippen molar-refractivity contribution in [3.8, 4) is 5.75 Å². The second-order valence-electron chi connectivity index (χ2n) is 6.66. The molecule has 1 fully saturated rings. The summed E-state index contributed by atoms with van der Waals surface area (Å²) < 4.78 is 29.0. The van der Waals surface area contributed by atoms with Crippen molar-refractivity contribution in [2.75, 3.05) is 26.5 Å². The van der Waals surface area contributed by atoms with E-state index in [9.17, 15) is 13.2 Å². The van der Waals surface area contributed by atoms with E-state index in [1.165, 1.54) is 18.1 Å². The Morgan fingerprint density at radius 2 is 2.00 bits per heavy atom. The standard InChI is InChI=1S/C19H23NO4S2/c1-24-17-6-5-15(13-18(17)26(2,22)23)19(21)20-9-7-14(8-10-20)12-16-4-3-11-25-16/h3-6,11,13-14H,7-10,12H2,1-2H3. The molecule has 0 unspecified atom stereocenters. The molecule has 7 heteroatoms. The molecule has 1 aromatic heterocycles. The lowest BCUT2D eigenvalue weighted by Gasteiger charge is -2.32. The second-order valence-corrected chi connectivity index (χ2v) is 9.67. The summed E-state index contributed by atoms with van der Waals surface area (Å²) in [4.78, 5) is 16.1. The van der Waals surface area contributed by atoms with E-state index in [1.807, 2.05) is 4.90 Å². The van der Waals surface area contributed by atoms with Crippen LogP contribution < -0.4 is 4.74 Å². The van der Waals surface area contributed by atoms with Crippen molar-refractivity contribution in [2.24, 2.45) is 5.92 Å². The minimum atomic E-state index is -3.46. The Hall–Kier alpha value is -1.86. The largest absolute Gasteiger partial charge is 0.495 e. The van der Waals surface area contributed by atoms with Gasteiger partial charge >= 0.3 is 0 Å². The van der Waals surface area contributed by atoms with E-state index in [0.717, 1.165) is 25.5 Å². The highest BCUT2D eigenvalue weighted by molar-refractivity contribution is 7.90. The molecule has 1 aliphatic rings. The second kappa shape index (κ2) is 7.80. The number of likely N-dealkylation sites (tertiary alicyclic amines) is 1. The van der Waals surface area contributed by atoms with Gasteiger partial charge in [-0.05, 0) is 54.8 Å². The minimum Gasteiger partial charge on any atom is -0.495 e. The van der Waals surface area contributed by atoms with E-state index in [4.69, 9.17) is 4.74 Å². The number of rotatable bonds is 5. The van der Waals surface area contributed by atoms with E-state index in [1.54, 1.807) is 23.5 Å². The molecule has 0 aliphatic carbocycles. The first-order valence-corrected chi connectivity index (χ1v) is 11.4. The van der Waals surface area contributed by atoms with Gasteiger partial charge in [0.2, 0.25) is 0 Å². The van der Waals surface area contributed by atoms with Crippen LogP contribution >= 0.6 is 11.3 Å². The van der Waals surface area contributed by atoms with E-state index in [0.29, 0.717) is 24.6 Å². The highest BCUT2D eigenvalue weighted by Crippen LogP contribution is 2.28. The number of ether oxygens (including phenoxy) is 1. The maximum atomic E-state index is 12.8. The van der Waals surface area contributed by atoms with Crippen molar-refractivity contribution >= 4 is 27.1 Å². The molecular weight excluding hydrogens is 370 g/mol. The van der Waals surface area contributed by atoms with Crippen LogP contribution in [0.1, 0.15) is 28.1 Å². The third-order valence-electron chi connectivity index (χ3n) is 4.78. The van der Waals surface area contributed by atoms with E-state index in [2.05, 4.69) is 17.5 Å². The zero-order valence-electron chi connectivity index (χ0n) is 15.0. The van der Waals surface area contributed by atoms with E-state index in [-0.39, 0.29) is 16.6 Å². The van der Waals surface area contributed by atoms with Crippen LogP contribution in [0.4, 0.5) is 0 Å². The van der Waals surface area contributed by atoms with Crippen LogP contribution in [-0.4, -0.2) is 45.7 Å². The Balaban J connectivity index is 1.69. The molecule has 1 saturated heterocycles. The molecular formula is C19H23NO4S2. The smallest absolute Gasteiger partial charge is 0.253 e. The predicted octanol–water partition coefficient (Wildman–Crippen LogP) is 3.26. The molecule has 2 aromatic rings. The number of hydrogen-bond acceptors (Lipinski definition) is 5. The van der Waals surface area contributed by atoms with E-state index < -0.39 is 9.84 Å². The molecule has 1 aromatic carbocycles. The molecule has 5 nitrogen and oxygen atoms in total. The van der Waals surface area contributed by atoms with Crippen LogP contribution in [0.25, 0.3) is 0 Å². The first-order chi connectivity index (χ1) is 12.4. The molecule has 0 N–H and O–H groups in total. The fourth-order valence-electron chi connectivity index (χ4n) is 3.34. The van der Waals surface area contributed by atoms with Gasteiger partial charge in [0.1, 0.15) is 10.6 Å². The van der Waals surface area contributed by atoms with Crippen LogP contribution in [-0.2, 0) is 16.3 Å². The predicted molar refractivity (Wildman–Crippen MR) is 103 cm³/mol. The van der Waals surface area contributed by atoms with Gasteiger partial charge in [-0.3, -0.25) is 4.79 Å².